The maximum atomic E-state index is 11.2. The van der Waals surface area contributed by atoms with E-state index in [0.29, 0.717) is 12.6 Å². The summed E-state index contributed by atoms with van der Waals surface area (Å²) in [6, 6.07) is 8.73. The molecule has 1 aromatic carbocycles. The van der Waals surface area contributed by atoms with Crippen LogP contribution >= 0.6 is 0 Å². The topological polar surface area (TPSA) is 68.6 Å². The highest BCUT2D eigenvalue weighted by Crippen LogP contribution is 2.30. The van der Waals surface area contributed by atoms with Gasteiger partial charge in [-0.25, -0.2) is 0 Å². The number of carbonyl (C=O) groups is 1. The van der Waals surface area contributed by atoms with E-state index in [1.165, 1.54) is 12.5 Å². The van der Waals surface area contributed by atoms with Crippen molar-refractivity contribution in [2.45, 2.75) is 32.0 Å². The van der Waals surface area contributed by atoms with Crippen LogP contribution < -0.4 is 10.1 Å². The van der Waals surface area contributed by atoms with E-state index in [-0.39, 0.29) is 11.9 Å². The Bertz CT molecular complexity index is 746. The third-order valence-electron chi connectivity index (χ3n) is 4.68. The van der Waals surface area contributed by atoms with Gasteiger partial charge in [-0.15, -0.1) is 0 Å². The lowest BCUT2D eigenvalue weighted by atomic mass is 10.1. The van der Waals surface area contributed by atoms with E-state index in [1.54, 1.807) is 20.4 Å². The summed E-state index contributed by atoms with van der Waals surface area (Å²) in [5.74, 6) is 0.779. The van der Waals surface area contributed by atoms with Crippen LogP contribution in [0, 0.1) is 0 Å². The quantitative estimate of drug-likeness (QED) is 0.823. The number of carbonyl (C=O) groups excluding carboxylic acids is 1. The van der Waals surface area contributed by atoms with Crippen LogP contribution in [0.1, 0.15) is 24.9 Å². The van der Waals surface area contributed by atoms with Crippen molar-refractivity contribution < 1.29 is 14.3 Å². The van der Waals surface area contributed by atoms with Gasteiger partial charge in [-0.3, -0.25) is 14.4 Å². The number of hydrogen-bond acceptors (Lipinski definition) is 5. The van der Waals surface area contributed by atoms with Crippen molar-refractivity contribution in [1.29, 1.82) is 0 Å². The molecule has 140 valence electrons. The lowest BCUT2D eigenvalue weighted by Gasteiger charge is -2.23. The predicted octanol–water partition coefficient (Wildman–Crippen LogP) is 2.31. The van der Waals surface area contributed by atoms with Gasteiger partial charge in [-0.2, -0.15) is 5.10 Å². The second-order valence-electron chi connectivity index (χ2n) is 6.67. The maximum absolute atomic E-state index is 11.2. The van der Waals surface area contributed by atoms with Crippen molar-refractivity contribution in [2.75, 3.05) is 32.7 Å². The van der Waals surface area contributed by atoms with Crippen LogP contribution in [-0.4, -0.2) is 54.0 Å². The summed E-state index contributed by atoms with van der Waals surface area (Å²) in [6.07, 6.45) is 4.54. The van der Waals surface area contributed by atoms with Gasteiger partial charge in [0.2, 0.25) is 5.91 Å². The first kappa shape index (κ1) is 18.4. The molecule has 0 spiro atoms. The highest BCUT2D eigenvalue weighted by Gasteiger charge is 2.33. The lowest BCUT2D eigenvalue weighted by Crippen LogP contribution is -2.32. The largest absolute Gasteiger partial charge is 0.497 e. The zero-order valence-electron chi connectivity index (χ0n) is 15.5. The Hall–Kier alpha value is -2.38. The number of amides is 1. The van der Waals surface area contributed by atoms with Gasteiger partial charge in [0, 0.05) is 39.4 Å². The molecule has 2 heterocycles. The molecular formula is C19H26N4O3. The summed E-state index contributed by atoms with van der Waals surface area (Å²) < 4.78 is 12.7. The molecule has 2 aromatic rings. The molecule has 1 fully saturated rings. The minimum Gasteiger partial charge on any atom is -0.497 e. The van der Waals surface area contributed by atoms with Crippen LogP contribution in [0.3, 0.4) is 0 Å². The minimum absolute atomic E-state index is 0.0899. The molecule has 1 N–H and O–H groups in total. The normalized spacial score (nSPS) is 20.3. The van der Waals surface area contributed by atoms with Crippen molar-refractivity contribution in [3.63, 3.8) is 0 Å². The van der Waals surface area contributed by atoms with Crippen LogP contribution in [0.4, 0.5) is 5.69 Å². The van der Waals surface area contributed by atoms with Crippen molar-refractivity contribution >= 4 is 11.6 Å². The fourth-order valence-corrected chi connectivity index (χ4v) is 3.52. The Kier molecular flexibility index (Phi) is 5.90. The van der Waals surface area contributed by atoms with Crippen LogP contribution in [0.25, 0.3) is 0 Å². The number of benzene rings is 1. The average Bonchev–Trinajstić information content (AvgIpc) is 3.22. The van der Waals surface area contributed by atoms with E-state index in [4.69, 9.17) is 9.47 Å². The molecule has 0 aliphatic carbocycles. The number of nitrogens with zero attached hydrogens (tertiary/aromatic N) is 3. The highest BCUT2D eigenvalue weighted by molar-refractivity contribution is 5.88. The number of anilines is 1. The van der Waals surface area contributed by atoms with Crippen molar-refractivity contribution in [3.8, 4) is 5.75 Å². The van der Waals surface area contributed by atoms with E-state index < -0.39 is 0 Å². The summed E-state index contributed by atoms with van der Waals surface area (Å²) in [5, 5.41) is 7.20. The summed E-state index contributed by atoms with van der Waals surface area (Å²) >= 11 is 0. The van der Waals surface area contributed by atoms with Gasteiger partial charge in [0.25, 0.3) is 0 Å². The molecule has 0 radical (unpaired) electrons. The number of aromatic nitrogens is 2. The fraction of sp³-hybridized carbons (Fsp3) is 0.474. The molecule has 7 nitrogen and oxygen atoms in total. The fourth-order valence-electron chi connectivity index (χ4n) is 3.52. The minimum atomic E-state index is -0.0899. The van der Waals surface area contributed by atoms with Crippen molar-refractivity contribution in [2.24, 2.45) is 0 Å². The van der Waals surface area contributed by atoms with E-state index in [9.17, 15) is 4.79 Å². The average molecular weight is 358 g/mol. The molecule has 1 saturated heterocycles. The van der Waals surface area contributed by atoms with Gasteiger partial charge >= 0.3 is 0 Å². The molecule has 7 heteroatoms. The SMILES string of the molecule is COC[C@@H]1C[C@H](n2cc(NC(C)=O)cn2)CN1Cc1cccc(OC)c1. The number of methoxy groups -OCH3 is 2. The van der Waals surface area contributed by atoms with E-state index in [0.717, 1.165) is 30.9 Å². The first-order valence-corrected chi connectivity index (χ1v) is 8.76. The Morgan fingerprint density at radius 1 is 1.38 bits per heavy atom. The maximum Gasteiger partial charge on any atom is 0.221 e. The highest BCUT2D eigenvalue weighted by atomic mass is 16.5. The molecule has 1 aliphatic rings. The molecule has 0 unspecified atom stereocenters. The first-order chi connectivity index (χ1) is 12.6. The van der Waals surface area contributed by atoms with E-state index >= 15 is 0 Å². The summed E-state index contributed by atoms with van der Waals surface area (Å²) in [5.41, 5.74) is 1.94. The van der Waals surface area contributed by atoms with Gasteiger partial charge in [0.05, 0.1) is 31.6 Å². The molecule has 1 amide bonds. The Morgan fingerprint density at radius 3 is 2.96 bits per heavy atom. The molecule has 0 bridgehead atoms. The third kappa shape index (κ3) is 4.42. The van der Waals surface area contributed by atoms with Gasteiger partial charge < -0.3 is 14.8 Å². The smallest absolute Gasteiger partial charge is 0.221 e. The Labute approximate surface area is 153 Å². The molecular weight excluding hydrogens is 332 g/mol. The monoisotopic (exact) mass is 358 g/mol. The van der Waals surface area contributed by atoms with Crippen LogP contribution in [-0.2, 0) is 16.1 Å². The zero-order valence-corrected chi connectivity index (χ0v) is 15.5. The van der Waals surface area contributed by atoms with Gasteiger partial charge in [0.1, 0.15) is 5.75 Å². The van der Waals surface area contributed by atoms with Gasteiger partial charge in [0.15, 0.2) is 0 Å². The molecule has 0 saturated carbocycles. The number of nitrogens with one attached hydrogen (secondary N) is 1. The third-order valence-corrected chi connectivity index (χ3v) is 4.68. The predicted molar refractivity (Wildman–Crippen MR) is 99.3 cm³/mol. The molecule has 26 heavy (non-hydrogen) atoms. The summed E-state index contributed by atoms with van der Waals surface area (Å²) in [6.45, 7) is 3.89. The van der Waals surface area contributed by atoms with E-state index in [1.807, 2.05) is 23.0 Å². The summed E-state index contributed by atoms with van der Waals surface area (Å²) in [7, 11) is 3.42. The van der Waals surface area contributed by atoms with E-state index in [2.05, 4.69) is 27.4 Å². The Balaban J connectivity index is 1.71. The first-order valence-electron chi connectivity index (χ1n) is 8.76. The van der Waals surface area contributed by atoms with Gasteiger partial charge in [-0.1, -0.05) is 12.1 Å². The zero-order chi connectivity index (χ0) is 18.5. The van der Waals surface area contributed by atoms with Crippen LogP contribution in [0.15, 0.2) is 36.7 Å². The standard InChI is InChI=1S/C19H26N4O3/c1-14(24)21-16-9-20-23(11-16)17-8-18(13-25-2)22(12-17)10-15-5-4-6-19(7-15)26-3/h4-7,9,11,17-18H,8,10,12-13H2,1-3H3,(H,21,24)/t17-,18-/m0/s1. The van der Waals surface area contributed by atoms with Crippen LogP contribution in [0.5, 0.6) is 5.75 Å². The Morgan fingerprint density at radius 2 is 2.23 bits per heavy atom. The van der Waals surface area contributed by atoms with Crippen molar-refractivity contribution in [1.82, 2.24) is 14.7 Å². The second kappa shape index (κ2) is 8.33. The summed E-state index contributed by atoms with van der Waals surface area (Å²) in [4.78, 5) is 13.6. The molecule has 3 rings (SSSR count). The van der Waals surface area contributed by atoms with Gasteiger partial charge in [-0.05, 0) is 24.1 Å². The number of ether oxygens (including phenoxy) is 2. The van der Waals surface area contributed by atoms with Crippen LogP contribution in [0.2, 0.25) is 0 Å². The number of hydrogen-bond donors (Lipinski definition) is 1. The molecule has 1 aromatic heterocycles. The molecule has 1 aliphatic heterocycles. The van der Waals surface area contributed by atoms with Crippen molar-refractivity contribution in [3.05, 3.63) is 42.2 Å². The lowest BCUT2D eigenvalue weighted by molar-refractivity contribution is -0.114. The second-order valence-corrected chi connectivity index (χ2v) is 6.67. The number of likely N-dealkylation sites (tertiary alicyclic amines) is 1. The molecule has 2 atom stereocenters. The number of rotatable bonds is 7.